The number of carboxylic acids is 1. The molecule has 0 bridgehead atoms. The van der Waals surface area contributed by atoms with Gasteiger partial charge in [0.2, 0.25) is 0 Å². The molecule has 0 amide bonds. The van der Waals surface area contributed by atoms with Gasteiger partial charge in [0, 0.05) is 0 Å². The average molecular weight is 209 g/mol. The first-order chi connectivity index (χ1) is 7.10. The molecule has 0 fully saturated rings. The first kappa shape index (κ1) is 11.2. The van der Waals surface area contributed by atoms with Crippen molar-refractivity contribution in [3.63, 3.8) is 0 Å². The highest BCUT2D eigenvalue weighted by Gasteiger charge is 2.20. The van der Waals surface area contributed by atoms with E-state index < -0.39 is 11.9 Å². The lowest BCUT2D eigenvalue weighted by Crippen LogP contribution is -2.11. The summed E-state index contributed by atoms with van der Waals surface area (Å²) in [4.78, 5) is 25.2. The normalized spacial score (nSPS) is 11.9. The number of carbonyl (C=O) groups excluding carboxylic acids is 1. The Labute approximate surface area is 86.7 Å². The summed E-state index contributed by atoms with van der Waals surface area (Å²) < 4.78 is 4.97. The van der Waals surface area contributed by atoms with Gasteiger partial charge in [-0.25, -0.2) is 4.98 Å². The van der Waals surface area contributed by atoms with Crippen LogP contribution in [-0.4, -0.2) is 29.5 Å². The van der Waals surface area contributed by atoms with Crippen molar-refractivity contribution >= 4 is 12.3 Å². The van der Waals surface area contributed by atoms with Crippen molar-refractivity contribution in [3.05, 3.63) is 23.5 Å². The van der Waals surface area contributed by atoms with Gasteiger partial charge < -0.3 is 9.84 Å². The van der Waals surface area contributed by atoms with Crippen LogP contribution < -0.4 is 4.74 Å². The number of aromatic nitrogens is 1. The number of methoxy groups -OCH3 is 1. The molecule has 0 aromatic carbocycles. The number of carboxylic acid groups (broad SMARTS) is 1. The van der Waals surface area contributed by atoms with Crippen molar-refractivity contribution in [1.29, 1.82) is 0 Å². The summed E-state index contributed by atoms with van der Waals surface area (Å²) in [6.45, 7) is 1.49. The van der Waals surface area contributed by atoms with E-state index >= 15 is 0 Å². The Kier molecular flexibility index (Phi) is 3.38. The molecule has 1 aromatic heterocycles. The van der Waals surface area contributed by atoms with E-state index in [-0.39, 0.29) is 11.4 Å². The third-order valence-corrected chi connectivity index (χ3v) is 2.03. The van der Waals surface area contributed by atoms with Gasteiger partial charge in [0.15, 0.2) is 6.29 Å². The zero-order chi connectivity index (χ0) is 11.4. The maximum Gasteiger partial charge on any atom is 0.312 e. The summed E-state index contributed by atoms with van der Waals surface area (Å²) in [5.41, 5.74) is 0.452. The quantitative estimate of drug-likeness (QED) is 0.751. The Balaban J connectivity index is 3.22. The molecule has 1 heterocycles. The Morgan fingerprint density at radius 1 is 1.60 bits per heavy atom. The zero-order valence-corrected chi connectivity index (χ0v) is 8.43. The molecule has 0 aliphatic carbocycles. The van der Waals surface area contributed by atoms with Gasteiger partial charge in [0.05, 0.1) is 18.7 Å². The van der Waals surface area contributed by atoms with E-state index in [1.54, 1.807) is 0 Å². The molecule has 1 rings (SSSR count). The zero-order valence-electron chi connectivity index (χ0n) is 8.43. The first-order valence-electron chi connectivity index (χ1n) is 4.33. The highest BCUT2D eigenvalue weighted by Crippen LogP contribution is 2.24. The Morgan fingerprint density at radius 2 is 2.27 bits per heavy atom. The predicted octanol–water partition coefficient (Wildman–Crippen LogP) is 1.09. The van der Waals surface area contributed by atoms with Gasteiger partial charge >= 0.3 is 5.97 Å². The lowest BCUT2D eigenvalue weighted by molar-refractivity contribution is -0.138. The van der Waals surface area contributed by atoms with E-state index in [0.717, 1.165) is 0 Å². The Hall–Kier alpha value is -1.91. The summed E-state index contributed by atoms with van der Waals surface area (Å²) in [6.07, 6.45) is 0.567. The van der Waals surface area contributed by atoms with E-state index in [2.05, 4.69) is 4.98 Å². The van der Waals surface area contributed by atoms with Crippen LogP contribution in [0.4, 0.5) is 0 Å². The number of hydrogen-bond donors (Lipinski definition) is 1. The van der Waals surface area contributed by atoms with Crippen molar-refractivity contribution in [1.82, 2.24) is 4.98 Å². The number of aliphatic carboxylic acids is 1. The standard InChI is InChI=1S/C10H11NO4/c1-6(10(13)14)9-8(15-2)4-3-7(5-12)11-9/h3-6H,1-2H3,(H,13,14). The van der Waals surface area contributed by atoms with Crippen molar-refractivity contribution in [2.75, 3.05) is 7.11 Å². The van der Waals surface area contributed by atoms with Crippen LogP contribution in [0.15, 0.2) is 12.1 Å². The Morgan fingerprint density at radius 3 is 2.73 bits per heavy atom. The molecule has 1 N–H and O–H groups in total. The minimum atomic E-state index is -1.01. The molecule has 80 valence electrons. The predicted molar refractivity (Wildman–Crippen MR) is 52.2 cm³/mol. The summed E-state index contributed by atoms with van der Waals surface area (Å²) in [7, 11) is 1.43. The number of ether oxygens (including phenoxy) is 1. The third-order valence-electron chi connectivity index (χ3n) is 2.03. The second-order valence-corrected chi connectivity index (χ2v) is 3.00. The highest BCUT2D eigenvalue weighted by atomic mass is 16.5. The highest BCUT2D eigenvalue weighted by molar-refractivity contribution is 5.77. The minimum Gasteiger partial charge on any atom is -0.495 e. The number of pyridine rings is 1. The van der Waals surface area contributed by atoms with Crippen LogP contribution in [0.1, 0.15) is 29.0 Å². The number of rotatable bonds is 4. The van der Waals surface area contributed by atoms with E-state index in [9.17, 15) is 9.59 Å². The lowest BCUT2D eigenvalue weighted by atomic mass is 10.1. The second kappa shape index (κ2) is 4.54. The van der Waals surface area contributed by atoms with Gasteiger partial charge in [-0.1, -0.05) is 0 Å². The molecular weight excluding hydrogens is 198 g/mol. The molecule has 1 unspecified atom stereocenters. The van der Waals surface area contributed by atoms with Crippen LogP contribution in [-0.2, 0) is 4.79 Å². The largest absolute Gasteiger partial charge is 0.495 e. The van der Waals surface area contributed by atoms with Crippen molar-refractivity contribution in [2.45, 2.75) is 12.8 Å². The molecule has 0 spiro atoms. The van der Waals surface area contributed by atoms with Gasteiger partial charge in [-0.3, -0.25) is 9.59 Å². The van der Waals surface area contributed by atoms with Gasteiger partial charge in [-0.2, -0.15) is 0 Å². The summed E-state index contributed by atoms with van der Waals surface area (Å²) >= 11 is 0. The fraction of sp³-hybridized carbons (Fsp3) is 0.300. The van der Waals surface area contributed by atoms with E-state index in [4.69, 9.17) is 9.84 Å². The fourth-order valence-electron chi connectivity index (χ4n) is 1.14. The molecule has 0 saturated heterocycles. The molecule has 0 aliphatic heterocycles. The summed E-state index contributed by atoms with van der Waals surface area (Å²) in [5.74, 6) is -1.45. The maximum absolute atomic E-state index is 10.8. The topological polar surface area (TPSA) is 76.5 Å². The molecule has 0 aliphatic rings. The second-order valence-electron chi connectivity index (χ2n) is 3.00. The molecule has 1 aromatic rings. The Bertz CT molecular complexity index is 389. The average Bonchev–Trinajstić information content (AvgIpc) is 2.27. The molecule has 0 radical (unpaired) electrons. The van der Waals surface area contributed by atoms with E-state index in [1.807, 2.05) is 0 Å². The van der Waals surface area contributed by atoms with Gasteiger partial charge in [0.25, 0.3) is 0 Å². The van der Waals surface area contributed by atoms with Crippen LogP contribution in [0.2, 0.25) is 0 Å². The number of hydrogen-bond acceptors (Lipinski definition) is 4. The minimum absolute atomic E-state index is 0.193. The molecule has 15 heavy (non-hydrogen) atoms. The lowest BCUT2D eigenvalue weighted by Gasteiger charge is -2.10. The van der Waals surface area contributed by atoms with Crippen LogP contribution in [0.3, 0.4) is 0 Å². The first-order valence-corrected chi connectivity index (χ1v) is 4.33. The summed E-state index contributed by atoms with van der Waals surface area (Å²) in [5, 5.41) is 8.84. The van der Waals surface area contributed by atoms with Gasteiger partial charge in [0.1, 0.15) is 11.4 Å². The fourth-order valence-corrected chi connectivity index (χ4v) is 1.14. The summed E-state index contributed by atoms with van der Waals surface area (Å²) in [6, 6.07) is 3.01. The third kappa shape index (κ3) is 2.31. The van der Waals surface area contributed by atoms with Gasteiger partial charge in [-0.05, 0) is 19.1 Å². The number of nitrogens with zero attached hydrogens (tertiary/aromatic N) is 1. The molecule has 0 saturated carbocycles. The van der Waals surface area contributed by atoms with Crippen LogP contribution in [0.25, 0.3) is 0 Å². The van der Waals surface area contributed by atoms with Crippen molar-refractivity contribution in [3.8, 4) is 5.75 Å². The number of aldehydes is 1. The van der Waals surface area contributed by atoms with Crippen LogP contribution in [0.5, 0.6) is 5.75 Å². The van der Waals surface area contributed by atoms with Crippen molar-refractivity contribution < 1.29 is 19.4 Å². The number of carbonyl (C=O) groups is 2. The van der Waals surface area contributed by atoms with E-state index in [0.29, 0.717) is 12.0 Å². The molecule has 5 heteroatoms. The van der Waals surface area contributed by atoms with Crippen molar-refractivity contribution in [2.24, 2.45) is 0 Å². The molecular formula is C10H11NO4. The smallest absolute Gasteiger partial charge is 0.312 e. The monoisotopic (exact) mass is 209 g/mol. The van der Waals surface area contributed by atoms with E-state index in [1.165, 1.54) is 26.2 Å². The van der Waals surface area contributed by atoms with Crippen LogP contribution in [0, 0.1) is 0 Å². The van der Waals surface area contributed by atoms with Gasteiger partial charge in [-0.15, -0.1) is 0 Å². The molecule has 1 atom stereocenters. The maximum atomic E-state index is 10.8. The SMILES string of the molecule is COc1ccc(C=O)nc1C(C)C(=O)O. The molecule has 5 nitrogen and oxygen atoms in total. The van der Waals surface area contributed by atoms with Crippen LogP contribution >= 0.6 is 0 Å².